The summed E-state index contributed by atoms with van der Waals surface area (Å²) in [5, 5.41) is 29.4. The molecule has 1 rings (SSSR count). The van der Waals surface area contributed by atoms with Gasteiger partial charge in [-0.3, -0.25) is 10.0 Å². The standard InChI is InChI=1S/C9H13N3O4/c10-8(14)4-11-6-2-1-5(3-7(6)13)9(15)12-16/h1-3,8,11,13-14,16H,4,10H2,(H,12,15). The molecule has 0 aliphatic rings. The smallest absolute Gasteiger partial charge is 0.274 e. The molecule has 7 nitrogen and oxygen atoms in total. The average Bonchev–Trinajstić information content (AvgIpc) is 2.26. The van der Waals surface area contributed by atoms with Crippen LogP contribution in [0.2, 0.25) is 0 Å². The van der Waals surface area contributed by atoms with Crippen molar-refractivity contribution in [3.8, 4) is 5.75 Å². The van der Waals surface area contributed by atoms with Crippen LogP contribution in [0.5, 0.6) is 5.75 Å². The minimum atomic E-state index is -1.04. The highest BCUT2D eigenvalue weighted by Crippen LogP contribution is 2.23. The number of aromatic hydroxyl groups is 1. The number of anilines is 1. The third-order valence-corrected chi connectivity index (χ3v) is 1.86. The van der Waals surface area contributed by atoms with Crippen LogP contribution >= 0.6 is 0 Å². The van der Waals surface area contributed by atoms with Gasteiger partial charge in [-0.05, 0) is 18.2 Å². The Bertz CT molecular complexity index is 381. The van der Waals surface area contributed by atoms with Crippen molar-refractivity contribution in [2.24, 2.45) is 5.73 Å². The second-order valence-electron chi connectivity index (χ2n) is 3.12. The van der Waals surface area contributed by atoms with Crippen LogP contribution in [0.4, 0.5) is 5.69 Å². The molecule has 0 heterocycles. The van der Waals surface area contributed by atoms with Gasteiger partial charge in [0.15, 0.2) is 0 Å². The molecule has 0 aromatic heterocycles. The molecule has 1 aromatic rings. The van der Waals surface area contributed by atoms with Crippen LogP contribution in [0.1, 0.15) is 10.4 Å². The van der Waals surface area contributed by atoms with Crippen molar-refractivity contribution in [3.05, 3.63) is 23.8 Å². The number of carbonyl (C=O) groups is 1. The van der Waals surface area contributed by atoms with E-state index in [2.05, 4.69) is 5.32 Å². The third-order valence-electron chi connectivity index (χ3n) is 1.86. The van der Waals surface area contributed by atoms with Crippen LogP contribution in [-0.2, 0) is 0 Å². The summed E-state index contributed by atoms with van der Waals surface area (Å²) >= 11 is 0. The predicted octanol–water partition coefficient (Wildman–Crippen LogP) is -0.800. The van der Waals surface area contributed by atoms with Gasteiger partial charge < -0.3 is 21.3 Å². The van der Waals surface area contributed by atoms with Gasteiger partial charge in [0.1, 0.15) is 12.0 Å². The first-order valence-corrected chi connectivity index (χ1v) is 4.49. The molecule has 0 saturated carbocycles. The van der Waals surface area contributed by atoms with Crippen LogP contribution < -0.4 is 16.5 Å². The van der Waals surface area contributed by atoms with E-state index in [1.807, 2.05) is 0 Å². The van der Waals surface area contributed by atoms with E-state index in [0.29, 0.717) is 5.69 Å². The number of hydroxylamine groups is 1. The summed E-state index contributed by atoms with van der Waals surface area (Å²) in [6.45, 7) is 0.0686. The molecule has 7 heteroatoms. The maximum atomic E-state index is 11.0. The summed E-state index contributed by atoms with van der Waals surface area (Å²) in [5.74, 6) is -0.901. The summed E-state index contributed by atoms with van der Waals surface area (Å²) in [4.78, 5) is 11.0. The van der Waals surface area contributed by atoms with Gasteiger partial charge in [-0.2, -0.15) is 0 Å². The van der Waals surface area contributed by atoms with E-state index in [-0.39, 0.29) is 17.9 Å². The predicted molar refractivity (Wildman–Crippen MR) is 56.0 cm³/mol. The minimum absolute atomic E-state index is 0.0686. The van der Waals surface area contributed by atoms with Crippen LogP contribution in [0.15, 0.2) is 18.2 Å². The van der Waals surface area contributed by atoms with Crippen molar-refractivity contribution in [3.63, 3.8) is 0 Å². The zero-order chi connectivity index (χ0) is 12.1. The molecular formula is C9H13N3O4. The van der Waals surface area contributed by atoms with E-state index in [0.717, 1.165) is 0 Å². The fourth-order valence-corrected chi connectivity index (χ4v) is 1.10. The van der Waals surface area contributed by atoms with Gasteiger partial charge >= 0.3 is 0 Å². The molecule has 1 amide bonds. The Hall–Kier alpha value is -1.83. The van der Waals surface area contributed by atoms with E-state index in [1.165, 1.54) is 23.7 Å². The highest BCUT2D eigenvalue weighted by atomic mass is 16.5. The van der Waals surface area contributed by atoms with Gasteiger partial charge in [-0.1, -0.05) is 0 Å². The summed E-state index contributed by atoms with van der Waals surface area (Å²) in [6, 6.07) is 4.01. The second kappa shape index (κ2) is 5.31. The van der Waals surface area contributed by atoms with E-state index in [4.69, 9.17) is 16.0 Å². The van der Waals surface area contributed by atoms with E-state index < -0.39 is 12.1 Å². The SMILES string of the molecule is NC(O)CNc1ccc(C(=O)NO)cc1O. The lowest BCUT2D eigenvalue weighted by atomic mass is 10.2. The monoisotopic (exact) mass is 227 g/mol. The number of phenols is 1. The van der Waals surface area contributed by atoms with Crippen LogP contribution in [0, 0.1) is 0 Å². The molecule has 0 fully saturated rings. The molecule has 16 heavy (non-hydrogen) atoms. The van der Waals surface area contributed by atoms with E-state index >= 15 is 0 Å². The lowest BCUT2D eigenvalue weighted by molar-refractivity contribution is 0.0706. The molecule has 1 aromatic carbocycles. The Kier molecular flexibility index (Phi) is 4.06. The normalized spacial score (nSPS) is 11.9. The topological polar surface area (TPSA) is 128 Å². The number of aliphatic hydroxyl groups excluding tert-OH is 1. The van der Waals surface area contributed by atoms with Gasteiger partial charge in [-0.25, -0.2) is 5.48 Å². The lowest BCUT2D eigenvalue weighted by Gasteiger charge is -2.10. The van der Waals surface area contributed by atoms with E-state index in [1.54, 1.807) is 0 Å². The molecular weight excluding hydrogens is 214 g/mol. The zero-order valence-electron chi connectivity index (χ0n) is 8.34. The van der Waals surface area contributed by atoms with E-state index in [9.17, 15) is 9.90 Å². The quantitative estimate of drug-likeness (QED) is 0.173. The van der Waals surface area contributed by atoms with Gasteiger partial charge in [0.25, 0.3) is 5.91 Å². The summed E-state index contributed by atoms with van der Waals surface area (Å²) in [6.07, 6.45) is -1.04. The van der Waals surface area contributed by atoms with Crippen molar-refractivity contribution in [1.29, 1.82) is 0 Å². The Morgan fingerprint density at radius 3 is 2.69 bits per heavy atom. The highest BCUT2D eigenvalue weighted by molar-refractivity contribution is 5.94. The fourth-order valence-electron chi connectivity index (χ4n) is 1.10. The maximum Gasteiger partial charge on any atom is 0.274 e. The van der Waals surface area contributed by atoms with Gasteiger partial charge in [0.05, 0.1) is 12.2 Å². The van der Waals surface area contributed by atoms with Crippen molar-refractivity contribution < 1.29 is 20.2 Å². The van der Waals surface area contributed by atoms with Gasteiger partial charge in [0.2, 0.25) is 0 Å². The molecule has 1 unspecified atom stereocenters. The Balaban J connectivity index is 2.79. The number of amides is 1. The molecule has 88 valence electrons. The summed E-state index contributed by atoms with van der Waals surface area (Å²) < 4.78 is 0. The van der Waals surface area contributed by atoms with Crippen molar-refractivity contribution in [2.75, 3.05) is 11.9 Å². The average molecular weight is 227 g/mol. The van der Waals surface area contributed by atoms with Gasteiger partial charge in [-0.15, -0.1) is 0 Å². The first kappa shape index (κ1) is 12.2. The van der Waals surface area contributed by atoms with Crippen LogP contribution in [0.3, 0.4) is 0 Å². The lowest BCUT2D eigenvalue weighted by Crippen LogP contribution is -2.28. The fraction of sp³-hybridized carbons (Fsp3) is 0.222. The third kappa shape index (κ3) is 3.09. The second-order valence-corrected chi connectivity index (χ2v) is 3.12. The molecule has 0 bridgehead atoms. The molecule has 7 N–H and O–H groups in total. The first-order valence-electron chi connectivity index (χ1n) is 4.49. The number of benzene rings is 1. The Morgan fingerprint density at radius 1 is 1.50 bits per heavy atom. The molecule has 0 spiro atoms. The molecule has 0 saturated heterocycles. The van der Waals surface area contributed by atoms with Crippen molar-refractivity contribution in [2.45, 2.75) is 6.23 Å². The maximum absolute atomic E-state index is 11.0. The largest absolute Gasteiger partial charge is 0.506 e. The number of hydrogen-bond donors (Lipinski definition) is 6. The zero-order valence-corrected chi connectivity index (χ0v) is 8.34. The number of phenolic OH excluding ortho intramolecular Hbond substituents is 1. The number of hydrogen-bond acceptors (Lipinski definition) is 6. The highest BCUT2D eigenvalue weighted by Gasteiger charge is 2.08. The van der Waals surface area contributed by atoms with Crippen molar-refractivity contribution in [1.82, 2.24) is 5.48 Å². The number of rotatable bonds is 4. The molecule has 0 radical (unpaired) electrons. The number of nitrogens with one attached hydrogen (secondary N) is 2. The Morgan fingerprint density at radius 2 is 2.19 bits per heavy atom. The van der Waals surface area contributed by atoms with Crippen LogP contribution in [-0.4, -0.2) is 34.1 Å². The van der Waals surface area contributed by atoms with Gasteiger partial charge in [0, 0.05) is 5.56 Å². The summed E-state index contributed by atoms with van der Waals surface area (Å²) in [5.41, 5.74) is 6.99. The number of aliphatic hydroxyl groups is 1. The number of carbonyl (C=O) groups excluding carboxylic acids is 1. The Labute approximate surface area is 91.5 Å². The molecule has 0 aliphatic heterocycles. The van der Waals surface area contributed by atoms with Crippen LogP contribution in [0.25, 0.3) is 0 Å². The molecule has 0 aliphatic carbocycles. The first-order chi connectivity index (χ1) is 7.54. The number of nitrogens with two attached hydrogens (primary N) is 1. The van der Waals surface area contributed by atoms with Crippen molar-refractivity contribution >= 4 is 11.6 Å². The molecule has 1 atom stereocenters. The minimum Gasteiger partial charge on any atom is -0.506 e. The summed E-state index contributed by atoms with van der Waals surface area (Å²) in [7, 11) is 0.